The number of nitrogens with zero attached hydrogens (tertiary/aromatic N) is 2. The Hall–Kier alpha value is -2.70. The van der Waals surface area contributed by atoms with Gasteiger partial charge in [0.2, 0.25) is 0 Å². The fraction of sp³-hybridized carbons (Fsp3) is 0.364. The number of aromatic nitrogens is 2. The van der Waals surface area contributed by atoms with Crippen LogP contribution in [0.1, 0.15) is 31.5 Å². The SMILES string of the molecule is CC(C)(OCCCOCc1nn(Cc2ccccc2)c2ccccc12)C(=O)O. The first-order valence-electron chi connectivity index (χ1n) is 9.41. The van der Waals surface area contributed by atoms with E-state index >= 15 is 0 Å². The summed E-state index contributed by atoms with van der Waals surface area (Å²) in [5.74, 6) is -0.969. The Balaban J connectivity index is 1.57. The molecule has 0 saturated heterocycles. The number of aliphatic carboxylic acids is 1. The number of carboxylic acids is 1. The Labute approximate surface area is 164 Å². The third-order valence-electron chi connectivity index (χ3n) is 4.56. The van der Waals surface area contributed by atoms with Crippen LogP contribution in [-0.2, 0) is 27.4 Å². The van der Waals surface area contributed by atoms with Gasteiger partial charge in [-0.3, -0.25) is 4.68 Å². The Morgan fingerprint density at radius 1 is 1.07 bits per heavy atom. The topological polar surface area (TPSA) is 73.6 Å². The minimum Gasteiger partial charge on any atom is -0.479 e. The molecule has 0 aliphatic rings. The molecule has 2 aromatic carbocycles. The molecule has 0 aliphatic carbocycles. The molecule has 6 heteroatoms. The maximum Gasteiger partial charge on any atom is 0.335 e. The highest BCUT2D eigenvalue weighted by molar-refractivity contribution is 5.82. The second-order valence-electron chi connectivity index (χ2n) is 7.18. The lowest BCUT2D eigenvalue weighted by Gasteiger charge is -2.19. The minimum atomic E-state index is -1.17. The molecule has 0 atom stereocenters. The van der Waals surface area contributed by atoms with Crippen molar-refractivity contribution >= 4 is 16.9 Å². The molecule has 0 radical (unpaired) electrons. The molecule has 0 amide bonds. The summed E-state index contributed by atoms with van der Waals surface area (Å²) in [4.78, 5) is 11.0. The quantitative estimate of drug-likeness (QED) is 0.539. The van der Waals surface area contributed by atoms with E-state index in [0.29, 0.717) is 32.8 Å². The van der Waals surface area contributed by atoms with Crippen LogP contribution >= 0.6 is 0 Å². The number of carboxylic acid groups (broad SMARTS) is 1. The summed E-state index contributed by atoms with van der Waals surface area (Å²) in [7, 11) is 0. The van der Waals surface area contributed by atoms with Crippen LogP contribution in [0.4, 0.5) is 0 Å². The van der Waals surface area contributed by atoms with Crippen LogP contribution in [-0.4, -0.2) is 39.7 Å². The first kappa shape index (κ1) is 20.0. The molecular weight excluding hydrogens is 356 g/mol. The molecule has 0 aliphatic heterocycles. The Kier molecular flexibility index (Phi) is 6.44. The van der Waals surface area contributed by atoms with Gasteiger partial charge in [0.05, 0.1) is 31.0 Å². The van der Waals surface area contributed by atoms with Crippen molar-refractivity contribution < 1.29 is 19.4 Å². The molecule has 1 N–H and O–H groups in total. The monoisotopic (exact) mass is 382 g/mol. The van der Waals surface area contributed by atoms with E-state index in [1.54, 1.807) is 13.8 Å². The molecule has 0 bridgehead atoms. The van der Waals surface area contributed by atoms with E-state index in [-0.39, 0.29) is 0 Å². The zero-order valence-corrected chi connectivity index (χ0v) is 16.3. The van der Waals surface area contributed by atoms with Gasteiger partial charge in [0.1, 0.15) is 0 Å². The molecule has 148 valence electrons. The van der Waals surface area contributed by atoms with Crippen LogP contribution in [0.15, 0.2) is 54.6 Å². The van der Waals surface area contributed by atoms with Crippen molar-refractivity contribution in [2.45, 2.75) is 39.0 Å². The summed E-state index contributed by atoms with van der Waals surface area (Å²) in [5, 5.41) is 14.9. The fourth-order valence-corrected chi connectivity index (χ4v) is 2.90. The molecule has 0 spiro atoms. The van der Waals surface area contributed by atoms with E-state index in [1.165, 1.54) is 5.56 Å². The zero-order chi connectivity index (χ0) is 20.0. The number of hydrogen-bond acceptors (Lipinski definition) is 4. The van der Waals surface area contributed by atoms with E-state index in [1.807, 2.05) is 35.0 Å². The summed E-state index contributed by atoms with van der Waals surface area (Å²) < 4.78 is 13.1. The molecule has 0 unspecified atom stereocenters. The number of benzene rings is 2. The largest absolute Gasteiger partial charge is 0.479 e. The predicted molar refractivity (Wildman–Crippen MR) is 107 cm³/mol. The summed E-state index contributed by atoms with van der Waals surface area (Å²) in [5.41, 5.74) is 2.00. The van der Waals surface area contributed by atoms with Crippen molar-refractivity contribution in [2.75, 3.05) is 13.2 Å². The number of fused-ring (bicyclic) bond motifs is 1. The van der Waals surface area contributed by atoms with Gasteiger partial charge in [-0.15, -0.1) is 0 Å². The average Bonchev–Trinajstić information content (AvgIpc) is 3.03. The molecule has 0 saturated carbocycles. The molecule has 28 heavy (non-hydrogen) atoms. The molecule has 1 aromatic heterocycles. The summed E-state index contributed by atoms with van der Waals surface area (Å²) in [6, 6.07) is 18.4. The van der Waals surface area contributed by atoms with Crippen LogP contribution in [0.25, 0.3) is 10.9 Å². The molecule has 3 rings (SSSR count). The maximum atomic E-state index is 11.0. The van der Waals surface area contributed by atoms with Crippen molar-refractivity contribution in [2.24, 2.45) is 0 Å². The summed E-state index contributed by atoms with van der Waals surface area (Å²) >= 11 is 0. The van der Waals surface area contributed by atoms with Gasteiger partial charge in [0, 0.05) is 12.0 Å². The highest BCUT2D eigenvalue weighted by atomic mass is 16.5. The smallest absolute Gasteiger partial charge is 0.335 e. The Morgan fingerprint density at radius 3 is 2.54 bits per heavy atom. The van der Waals surface area contributed by atoms with Crippen molar-refractivity contribution in [3.63, 3.8) is 0 Å². The molecular formula is C22H26N2O4. The zero-order valence-electron chi connectivity index (χ0n) is 16.3. The van der Waals surface area contributed by atoms with Gasteiger partial charge in [0.15, 0.2) is 5.60 Å². The second-order valence-corrected chi connectivity index (χ2v) is 7.18. The number of para-hydroxylation sites is 1. The van der Waals surface area contributed by atoms with E-state index in [4.69, 9.17) is 19.7 Å². The summed E-state index contributed by atoms with van der Waals surface area (Å²) in [6.45, 7) is 5.02. The van der Waals surface area contributed by atoms with Crippen LogP contribution < -0.4 is 0 Å². The molecule has 1 heterocycles. The molecule has 0 fully saturated rings. The van der Waals surface area contributed by atoms with Gasteiger partial charge in [-0.1, -0.05) is 48.5 Å². The lowest BCUT2D eigenvalue weighted by atomic mass is 10.1. The molecule has 6 nitrogen and oxygen atoms in total. The first-order chi connectivity index (χ1) is 13.5. The van der Waals surface area contributed by atoms with E-state index in [0.717, 1.165) is 16.6 Å². The number of rotatable bonds is 10. The molecule has 3 aromatic rings. The standard InChI is InChI=1S/C22H26N2O4/c1-22(2,21(25)26)28-14-8-13-27-16-19-18-11-6-7-12-20(18)24(23-19)15-17-9-4-3-5-10-17/h3-7,9-12H,8,13-16H2,1-2H3,(H,25,26). The van der Waals surface area contributed by atoms with Gasteiger partial charge < -0.3 is 14.6 Å². The van der Waals surface area contributed by atoms with Crippen molar-refractivity contribution in [3.05, 3.63) is 65.9 Å². The third kappa shape index (κ3) is 4.97. The van der Waals surface area contributed by atoms with E-state index in [2.05, 4.69) is 24.3 Å². The lowest BCUT2D eigenvalue weighted by molar-refractivity contribution is -0.161. The van der Waals surface area contributed by atoms with E-state index in [9.17, 15) is 4.79 Å². The second kappa shape index (κ2) is 8.99. The Morgan fingerprint density at radius 2 is 1.79 bits per heavy atom. The highest BCUT2D eigenvalue weighted by Crippen LogP contribution is 2.20. The van der Waals surface area contributed by atoms with Crippen molar-refractivity contribution in [1.82, 2.24) is 9.78 Å². The number of carbonyl (C=O) groups is 1. The van der Waals surface area contributed by atoms with Crippen molar-refractivity contribution in [1.29, 1.82) is 0 Å². The predicted octanol–water partition coefficient (Wildman–Crippen LogP) is 3.87. The lowest BCUT2D eigenvalue weighted by Crippen LogP contribution is -2.35. The maximum absolute atomic E-state index is 11.0. The third-order valence-corrected chi connectivity index (χ3v) is 4.56. The number of ether oxygens (including phenoxy) is 2. The van der Waals surface area contributed by atoms with E-state index < -0.39 is 11.6 Å². The van der Waals surface area contributed by atoms with Gasteiger partial charge in [-0.25, -0.2) is 4.79 Å². The normalized spacial score (nSPS) is 11.8. The minimum absolute atomic E-state index is 0.336. The Bertz CT molecular complexity index is 919. The fourth-order valence-electron chi connectivity index (χ4n) is 2.90. The number of hydrogen-bond donors (Lipinski definition) is 1. The average molecular weight is 382 g/mol. The first-order valence-corrected chi connectivity index (χ1v) is 9.41. The van der Waals surface area contributed by atoms with Gasteiger partial charge in [0.25, 0.3) is 0 Å². The van der Waals surface area contributed by atoms with Gasteiger partial charge in [-0.05, 0) is 31.9 Å². The van der Waals surface area contributed by atoms with Crippen LogP contribution in [0.3, 0.4) is 0 Å². The highest BCUT2D eigenvalue weighted by Gasteiger charge is 2.27. The van der Waals surface area contributed by atoms with Crippen LogP contribution in [0, 0.1) is 0 Å². The van der Waals surface area contributed by atoms with Crippen LogP contribution in [0.2, 0.25) is 0 Å². The van der Waals surface area contributed by atoms with Crippen LogP contribution in [0.5, 0.6) is 0 Å². The van der Waals surface area contributed by atoms with Gasteiger partial charge in [-0.2, -0.15) is 5.10 Å². The summed E-state index contributed by atoms with van der Waals surface area (Å²) in [6.07, 6.45) is 0.624. The van der Waals surface area contributed by atoms with Gasteiger partial charge >= 0.3 is 5.97 Å². The van der Waals surface area contributed by atoms with Crippen molar-refractivity contribution in [3.8, 4) is 0 Å².